The normalized spacial score (nSPS) is 10.6. The van der Waals surface area contributed by atoms with Crippen LogP contribution in [0.4, 0.5) is 0 Å². The third-order valence-corrected chi connectivity index (χ3v) is 3.95. The minimum absolute atomic E-state index is 0.0170. The van der Waals surface area contributed by atoms with Crippen LogP contribution in [0.25, 0.3) is 21.9 Å². The van der Waals surface area contributed by atoms with Crippen LogP contribution in [0.3, 0.4) is 0 Å². The second kappa shape index (κ2) is 7.13. The number of nitrogens with zero attached hydrogens (tertiary/aromatic N) is 1. The van der Waals surface area contributed by atoms with Gasteiger partial charge in [0.05, 0.1) is 0 Å². The average Bonchev–Trinajstić information content (AvgIpc) is 2.60. The van der Waals surface area contributed by atoms with Crippen LogP contribution in [0.15, 0.2) is 54.9 Å². The zero-order valence-corrected chi connectivity index (χ0v) is 13.9. The number of carbonyl (C=O) groups excluding carboxylic acids is 1. The van der Waals surface area contributed by atoms with Gasteiger partial charge in [0.25, 0.3) is 5.91 Å². The number of aryl methyl sites for hydroxylation is 1. The molecule has 0 spiro atoms. The van der Waals surface area contributed by atoms with Crippen LogP contribution in [0.5, 0.6) is 5.75 Å². The van der Waals surface area contributed by atoms with Gasteiger partial charge in [-0.15, -0.1) is 0 Å². The lowest BCUT2D eigenvalue weighted by atomic mass is 9.96. The van der Waals surface area contributed by atoms with Gasteiger partial charge in [0.1, 0.15) is 5.75 Å². The SMILES string of the molecule is CCNC(=O)COc1ccc(-c2cnccc2C)c2ccccc12. The molecular formula is C20H20N2O2. The maximum absolute atomic E-state index is 11.6. The van der Waals surface area contributed by atoms with Gasteiger partial charge in [-0.3, -0.25) is 9.78 Å². The highest BCUT2D eigenvalue weighted by Gasteiger charge is 2.11. The number of likely N-dealkylation sites (N-methyl/N-ethyl adjacent to an activating group) is 1. The quantitative estimate of drug-likeness (QED) is 0.779. The van der Waals surface area contributed by atoms with E-state index in [0.717, 1.165) is 21.9 Å². The number of benzene rings is 2. The van der Waals surface area contributed by atoms with Crippen LogP contribution in [-0.4, -0.2) is 24.0 Å². The van der Waals surface area contributed by atoms with Crippen molar-refractivity contribution in [2.75, 3.05) is 13.2 Å². The van der Waals surface area contributed by atoms with Gasteiger partial charge in [-0.2, -0.15) is 0 Å². The third-order valence-electron chi connectivity index (χ3n) is 3.95. The predicted molar refractivity (Wildman–Crippen MR) is 96.1 cm³/mol. The summed E-state index contributed by atoms with van der Waals surface area (Å²) in [5, 5.41) is 4.81. The van der Waals surface area contributed by atoms with E-state index in [9.17, 15) is 4.79 Å². The first-order valence-electron chi connectivity index (χ1n) is 8.03. The number of nitrogens with one attached hydrogen (secondary N) is 1. The van der Waals surface area contributed by atoms with Crippen LogP contribution in [0.1, 0.15) is 12.5 Å². The van der Waals surface area contributed by atoms with E-state index >= 15 is 0 Å². The summed E-state index contributed by atoms with van der Waals surface area (Å²) >= 11 is 0. The second-order valence-electron chi connectivity index (χ2n) is 5.59. The first-order valence-corrected chi connectivity index (χ1v) is 8.03. The molecule has 0 bridgehead atoms. The summed E-state index contributed by atoms with van der Waals surface area (Å²) in [6.07, 6.45) is 3.68. The van der Waals surface area contributed by atoms with E-state index in [2.05, 4.69) is 23.3 Å². The van der Waals surface area contributed by atoms with Gasteiger partial charge >= 0.3 is 0 Å². The Balaban J connectivity index is 2.02. The van der Waals surface area contributed by atoms with Crippen LogP contribution in [0.2, 0.25) is 0 Å². The van der Waals surface area contributed by atoms with E-state index in [0.29, 0.717) is 12.3 Å². The average molecular weight is 320 g/mol. The summed E-state index contributed by atoms with van der Waals surface area (Å²) in [7, 11) is 0. The molecule has 1 aromatic heterocycles. The molecular weight excluding hydrogens is 300 g/mol. The fourth-order valence-corrected chi connectivity index (χ4v) is 2.77. The van der Waals surface area contributed by atoms with E-state index in [1.807, 2.05) is 49.5 Å². The zero-order valence-electron chi connectivity index (χ0n) is 13.9. The largest absolute Gasteiger partial charge is 0.483 e. The molecule has 0 aliphatic carbocycles. The molecule has 0 saturated carbocycles. The maximum Gasteiger partial charge on any atom is 0.257 e. The molecule has 122 valence electrons. The molecule has 3 aromatic rings. The topological polar surface area (TPSA) is 51.2 Å². The smallest absolute Gasteiger partial charge is 0.257 e. The Morgan fingerprint density at radius 2 is 1.88 bits per heavy atom. The molecule has 4 heteroatoms. The standard InChI is InChI=1S/C20H20N2O2/c1-3-22-20(23)13-24-19-9-8-16(15-6-4-5-7-17(15)19)18-12-21-11-10-14(18)2/h4-12H,3,13H2,1-2H3,(H,22,23). The monoisotopic (exact) mass is 320 g/mol. The van der Waals surface area contributed by atoms with E-state index < -0.39 is 0 Å². The zero-order chi connectivity index (χ0) is 16.9. The highest BCUT2D eigenvalue weighted by atomic mass is 16.5. The molecule has 3 rings (SSSR count). The van der Waals surface area contributed by atoms with Crippen molar-refractivity contribution in [1.29, 1.82) is 0 Å². The minimum atomic E-state index is -0.117. The van der Waals surface area contributed by atoms with Crippen LogP contribution < -0.4 is 10.1 Å². The highest BCUT2D eigenvalue weighted by molar-refractivity contribution is 6.00. The Kier molecular flexibility index (Phi) is 4.75. The fourth-order valence-electron chi connectivity index (χ4n) is 2.77. The van der Waals surface area contributed by atoms with Gasteiger partial charge in [-0.25, -0.2) is 0 Å². The van der Waals surface area contributed by atoms with Crippen molar-refractivity contribution >= 4 is 16.7 Å². The van der Waals surface area contributed by atoms with Crippen molar-refractivity contribution in [1.82, 2.24) is 10.3 Å². The maximum atomic E-state index is 11.6. The third kappa shape index (κ3) is 3.23. The lowest BCUT2D eigenvalue weighted by Gasteiger charge is -2.13. The molecule has 0 unspecified atom stereocenters. The van der Waals surface area contributed by atoms with Crippen molar-refractivity contribution in [2.24, 2.45) is 0 Å². The number of carbonyl (C=O) groups is 1. The van der Waals surface area contributed by atoms with E-state index in [4.69, 9.17) is 4.74 Å². The van der Waals surface area contributed by atoms with E-state index in [1.165, 1.54) is 5.56 Å². The molecule has 0 radical (unpaired) electrons. The van der Waals surface area contributed by atoms with Crippen molar-refractivity contribution < 1.29 is 9.53 Å². The number of pyridine rings is 1. The Hall–Kier alpha value is -2.88. The van der Waals surface area contributed by atoms with Crippen molar-refractivity contribution in [2.45, 2.75) is 13.8 Å². The number of rotatable bonds is 5. The van der Waals surface area contributed by atoms with Gasteiger partial charge in [-0.05, 0) is 48.6 Å². The second-order valence-corrected chi connectivity index (χ2v) is 5.59. The number of aromatic nitrogens is 1. The van der Waals surface area contributed by atoms with Crippen molar-refractivity contribution in [3.8, 4) is 16.9 Å². The van der Waals surface area contributed by atoms with Crippen LogP contribution in [-0.2, 0) is 4.79 Å². The van der Waals surface area contributed by atoms with Crippen LogP contribution >= 0.6 is 0 Å². The number of hydrogen-bond acceptors (Lipinski definition) is 3. The van der Waals surface area contributed by atoms with Crippen LogP contribution in [0, 0.1) is 6.92 Å². The summed E-state index contributed by atoms with van der Waals surface area (Å²) in [4.78, 5) is 15.9. The van der Waals surface area contributed by atoms with Gasteiger partial charge in [0.15, 0.2) is 6.61 Å². The number of amides is 1. The molecule has 0 aliphatic heterocycles. The lowest BCUT2D eigenvalue weighted by Crippen LogP contribution is -2.28. The summed E-state index contributed by atoms with van der Waals surface area (Å²) in [5.74, 6) is 0.593. The number of ether oxygens (including phenoxy) is 1. The Morgan fingerprint density at radius 1 is 1.08 bits per heavy atom. The molecule has 0 atom stereocenters. The van der Waals surface area contributed by atoms with E-state index in [-0.39, 0.29) is 12.5 Å². The number of hydrogen-bond donors (Lipinski definition) is 1. The Morgan fingerprint density at radius 3 is 2.62 bits per heavy atom. The fraction of sp³-hybridized carbons (Fsp3) is 0.200. The molecule has 1 heterocycles. The molecule has 4 nitrogen and oxygen atoms in total. The summed E-state index contributed by atoms with van der Waals surface area (Å²) in [6.45, 7) is 4.58. The Bertz CT molecular complexity index is 874. The lowest BCUT2D eigenvalue weighted by molar-refractivity contribution is -0.122. The van der Waals surface area contributed by atoms with E-state index in [1.54, 1.807) is 6.20 Å². The van der Waals surface area contributed by atoms with Crippen molar-refractivity contribution in [3.63, 3.8) is 0 Å². The highest BCUT2D eigenvalue weighted by Crippen LogP contribution is 2.35. The molecule has 2 aromatic carbocycles. The predicted octanol–water partition coefficient (Wildman–Crippen LogP) is 3.73. The first kappa shape index (κ1) is 16.0. The Labute approximate surface area is 141 Å². The molecule has 1 amide bonds. The molecule has 0 aliphatic rings. The molecule has 1 N–H and O–H groups in total. The molecule has 0 fully saturated rings. The minimum Gasteiger partial charge on any atom is -0.483 e. The first-order chi connectivity index (χ1) is 11.7. The van der Waals surface area contributed by atoms with Gasteiger partial charge in [0.2, 0.25) is 0 Å². The van der Waals surface area contributed by atoms with Gasteiger partial charge in [0, 0.05) is 29.9 Å². The van der Waals surface area contributed by atoms with Gasteiger partial charge < -0.3 is 10.1 Å². The summed E-state index contributed by atoms with van der Waals surface area (Å²) in [6, 6.07) is 14.0. The summed E-state index contributed by atoms with van der Waals surface area (Å²) in [5.41, 5.74) is 3.39. The number of fused-ring (bicyclic) bond motifs is 1. The van der Waals surface area contributed by atoms with Crippen molar-refractivity contribution in [3.05, 3.63) is 60.4 Å². The summed E-state index contributed by atoms with van der Waals surface area (Å²) < 4.78 is 5.73. The molecule has 24 heavy (non-hydrogen) atoms. The van der Waals surface area contributed by atoms with Gasteiger partial charge in [-0.1, -0.05) is 24.3 Å². The molecule has 0 saturated heterocycles.